The third-order valence-corrected chi connectivity index (χ3v) is 4.64. The maximum Gasteiger partial charge on any atom is 0.363 e. The van der Waals surface area contributed by atoms with Crippen LogP contribution >= 0.6 is 0 Å². The molecule has 0 N–H and O–H groups in total. The fourth-order valence-corrected chi connectivity index (χ4v) is 3.06. The van der Waals surface area contributed by atoms with Gasteiger partial charge in [-0.2, -0.15) is 0 Å². The van der Waals surface area contributed by atoms with Gasteiger partial charge in [-0.3, -0.25) is 9.97 Å². The van der Waals surface area contributed by atoms with Crippen molar-refractivity contribution in [3.8, 4) is 0 Å². The molecule has 4 heterocycles. The lowest BCUT2D eigenvalue weighted by molar-refractivity contribution is -0.130. The lowest BCUT2D eigenvalue weighted by atomic mass is 10.1. The number of aromatic nitrogens is 2. The van der Waals surface area contributed by atoms with E-state index in [0.717, 1.165) is 11.1 Å². The number of carbonyl (C=O) groups excluding carboxylic acids is 2. The van der Waals surface area contributed by atoms with E-state index in [-0.39, 0.29) is 23.2 Å². The van der Waals surface area contributed by atoms with Crippen LogP contribution in [-0.4, -0.2) is 33.7 Å². The summed E-state index contributed by atoms with van der Waals surface area (Å²) < 4.78 is 10.6. The predicted molar refractivity (Wildman–Crippen MR) is 116 cm³/mol. The fourth-order valence-electron chi connectivity index (χ4n) is 3.06. The Morgan fingerprint density at radius 2 is 0.938 bits per heavy atom. The number of benzene rings is 1. The Labute approximate surface area is 182 Å². The number of aliphatic imine (C=N–C) groups is 2. The van der Waals surface area contributed by atoms with Gasteiger partial charge in [0.25, 0.3) is 0 Å². The number of nitrogens with zero attached hydrogens (tertiary/aromatic N) is 4. The number of hydrogen-bond acceptors (Lipinski definition) is 8. The van der Waals surface area contributed by atoms with Crippen molar-refractivity contribution in [2.24, 2.45) is 9.98 Å². The minimum atomic E-state index is -0.527. The van der Waals surface area contributed by atoms with E-state index >= 15 is 0 Å². The van der Waals surface area contributed by atoms with Gasteiger partial charge in [-0.05, 0) is 71.8 Å². The molecule has 2 aromatic heterocycles. The Hall–Kier alpha value is -4.72. The Balaban J connectivity index is 1.37. The molecule has 0 radical (unpaired) electrons. The van der Waals surface area contributed by atoms with Gasteiger partial charge in [-0.1, -0.05) is 0 Å². The lowest BCUT2D eigenvalue weighted by Gasteiger charge is -2.02. The van der Waals surface area contributed by atoms with Crippen LogP contribution < -0.4 is 0 Å². The van der Waals surface area contributed by atoms with Crippen molar-refractivity contribution in [1.82, 2.24) is 9.97 Å². The van der Waals surface area contributed by atoms with Crippen LogP contribution in [0.4, 0.5) is 0 Å². The summed E-state index contributed by atoms with van der Waals surface area (Å²) in [4.78, 5) is 40.8. The van der Waals surface area contributed by atoms with Crippen molar-refractivity contribution in [3.63, 3.8) is 0 Å². The third kappa shape index (κ3) is 3.97. The van der Waals surface area contributed by atoms with Gasteiger partial charge < -0.3 is 9.47 Å². The van der Waals surface area contributed by atoms with E-state index < -0.39 is 11.9 Å². The first-order valence-corrected chi connectivity index (χ1v) is 9.62. The van der Waals surface area contributed by atoms with E-state index in [9.17, 15) is 9.59 Å². The van der Waals surface area contributed by atoms with Crippen molar-refractivity contribution < 1.29 is 19.1 Å². The standard InChI is InChI=1S/C24H14N4O4/c29-23-19(13-15-5-9-25-10-6-15)27-21(31-23)17-1-2-18(4-3-17)22-28-20(24(30)32-22)14-16-7-11-26-12-8-16/h1-14H. The summed E-state index contributed by atoms with van der Waals surface area (Å²) in [5.74, 6) is -0.655. The van der Waals surface area contributed by atoms with E-state index in [0.29, 0.717) is 11.1 Å². The topological polar surface area (TPSA) is 103 Å². The molecule has 154 valence electrons. The highest BCUT2D eigenvalue weighted by Gasteiger charge is 2.26. The molecule has 0 bridgehead atoms. The second-order valence-electron chi connectivity index (χ2n) is 6.81. The molecule has 5 rings (SSSR count). The molecule has 0 spiro atoms. The Morgan fingerprint density at radius 3 is 1.31 bits per heavy atom. The van der Waals surface area contributed by atoms with Crippen LogP contribution in [-0.2, 0) is 19.1 Å². The van der Waals surface area contributed by atoms with Gasteiger partial charge in [0.1, 0.15) is 0 Å². The first kappa shape index (κ1) is 19.3. The van der Waals surface area contributed by atoms with Crippen molar-refractivity contribution >= 4 is 35.9 Å². The number of pyridine rings is 2. The molecule has 0 aliphatic carbocycles. The summed E-state index contributed by atoms with van der Waals surface area (Å²) in [6.07, 6.45) is 9.79. The summed E-state index contributed by atoms with van der Waals surface area (Å²) in [5.41, 5.74) is 3.22. The largest absolute Gasteiger partial charge is 0.402 e. The Kier molecular flexibility index (Phi) is 4.93. The van der Waals surface area contributed by atoms with Crippen LogP contribution in [0, 0.1) is 0 Å². The highest BCUT2D eigenvalue weighted by Crippen LogP contribution is 2.22. The molecule has 0 atom stereocenters. The zero-order chi connectivity index (χ0) is 21.9. The molecule has 8 heteroatoms. The SMILES string of the molecule is O=C1OC(c2ccc(C3=NC(=Cc4ccncc4)C(=O)O3)cc2)=NC1=Cc1ccncc1. The quantitative estimate of drug-likeness (QED) is 0.473. The molecule has 0 saturated heterocycles. The molecule has 1 aromatic carbocycles. The first-order valence-electron chi connectivity index (χ1n) is 9.62. The van der Waals surface area contributed by atoms with Crippen LogP contribution in [0.15, 0.2) is 94.7 Å². The average Bonchev–Trinajstić information content (AvgIpc) is 3.37. The Morgan fingerprint density at radius 1 is 0.562 bits per heavy atom. The molecule has 32 heavy (non-hydrogen) atoms. The van der Waals surface area contributed by atoms with Gasteiger partial charge in [-0.15, -0.1) is 0 Å². The molecule has 0 unspecified atom stereocenters. The van der Waals surface area contributed by atoms with E-state index in [2.05, 4.69) is 20.0 Å². The number of rotatable bonds is 4. The maximum absolute atomic E-state index is 12.2. The number of hydrogen-bond donors (Lipinski definition) is 0. The second kappa shape index (κ2) is 8.19. The van der Waals surface area contributed by atoms with Gasteiger partial charge in [0, 0.05) is 35.9 Å². The van der Waals surface area contributed by atoms with E-state index in [1.165, 1.54) is 0 Å². The molecule has 3 aromatic rings. The van der Waals surface area contributed by atoms with Crippen molar-refractivity contribution in [1.29, 1.82) is 0 Å². The number of esters is 2. The minimum absolute atomic E-state index is 0.200. The molecule has 2 aliphatic heterocycles. The minimum Gasteiger partial charge on any atom is -0.402 e. The van der Waals surface area contributed by atoms with Gasteiger partial charge in [0.15, 0.2) is 11.4 Å². The fraction of sp³-hybridized carbons (Fsp3) is 0. The maximum atomic E-state index is 12.2. The van der Waals surface area contributed by atoms with Gasteiger partial charge >= 0.3 is 11.9 Å². The first-order chi connectivity index (χ1) is 15.7. The van der Waals surface area contributed by atoms with Crippen LogP contribution in [0.5, 0.6) is 0 Å². The normalized spacial score (nSPS) is 17.9. The summed E-state index contributed by atoms with van der Waals surface area (Å²) in [5, 5.41) is 0. The molecular formula is C24H14N4O4. The number of cyclic esters (lactones) is 2. The zero-order valence-electron chi connectivity index (χ0n) is 16.5. The van der Waals surface area contributed by atoms with E-state index in [1.54, 1.807) is 85.5 Å². The second-order valence-corrected chi connectivity index (χ2v) is 6.81. The highest BCUT2D eigenvalue weighted by molar-refractivity contribution is 6.14. The average molecular weight is 422 g/mol. The van der Waals surface area contributed by atoms with Crippen molar-refractivity contribution in [3.05, 3.63) is 107 Å². The molecule has 2 aliphatic rings. The smallest absolute Gasteiger partial charge is 0.363 e. The number of carbonyl (C=O) groups is 2. The number of ether oxygens (including phenoxy) is 2. The van der Waals surface area contributed by atoms with E-state index in [1.807, 2.05) is 0 Å². The summed E-state index contributed by atoms with van der Waals surface area (Å²) >= 11 is 0. The third-order valence-electron chi connectivity index (χ3n) is 4.64. The van der Waals surface area contributed by atoms with E-state index in [4.69, 9.17) is 9.47 Å². The molecule has 0 fully saturated rings. The summed E-state index contributed by atoms with van der Waals surface area (Å²) in [7, 11) is 0. The molecule has 0 amide bonds. The molecule has 0 saturated carbocycles. The van der Waals surface area contributed by atoms with Gasteiger partial charge in [-0.25, -0.2) is 19.6 Å². The highest BCUT2D eigenvalue weighted by atomic mass is 16.6. The Bertz CT molecular complexity index is 1220. The lowest BCUT2D eigenvalue weighted by Crippen LogP contribution is -2.07. The molecule has 8 nitrogen and oxygen atoms in total. The van der Waals surface area contributed by atoms with Gasteiger partial charge in [0.05, 0.1) is 0 Å². The van der Waals surface area contributed by atoms with Crippen LogP contribution in [0.2, 0.25) is 0 Å². The molecular weight excluding hydrogens is 408 g/mol. The summed E-state index contributed by atoms with van der Waals surface area (Å²) in [6, 6.07) is 13.9. The predicted octanol–water partition coefficient (Wildman–Crippen LogP) is 3.17. The van der Waals surface area contributed by atoms with Crippen LogP contribution in [0.1, 0.15) is 22.3 Å². The van der Waals surface area contributed by atoms with Gasteiger partial charge in [0.2, 0.25) is 11.8 Å². The monoisotopic (exact) mass is 422 g/mol. The van der Waals surface area contributed by atoms with Crippen LogP contribution in [0.25, 0.3) is 12.2 Å². The van der Waals surface area contributed by atoms with Crippen molar-refractivity contribution in [2.45, 2.75) is 0 Å². The summed E-state index contributed by atoms with van der Waals surface area (Å²) in [6.45, 7) is 0. The van der Waals surface area contributed by atoms with Crippen LogP contribution in [0.3, 0.4) is 0 Å². The zero-order valence-corrected chi connectivity index (χ0v) is 16.5. The van der Waals surface area contributed by atoms with Crippen molar-refractivity contribution in [2.75, 3.05) is 0 Å².